The van der Waals surface area contributed by atoms with Gasteiger partial charge in [-0.2, -0.15) is 0 Å². The summed E-state index contributed by atoms with van der Waals surface area (Å²) in [4.78, 5) is 25.2. The van der Waals surface area contributed by atoms with E-state index in [1.54, 1.807) is 6.92 Å². The Morgan fingerprint density at radius 3 is 2.24 bits per heavy atom. The maximum Gasteiger partial charge on any atom is 0.241 e. The van der Waals surface area contributed by atoms with E-state index in [4.69, 9.17) is 4.74 Å². The van der Waals surface area contributed by atoms with Crippen molar-refractivity contribution in [2.45, 2.75) is 44.6 Å². The molecule has 1 fully saturated rings. The summed E-state index contributed by atoms with van der Waals surface area (Å²) >= 11 is 0. The second-order valence-electron chi connectivity index (χ2n) is 7.14. The fourth-order valence-electron chi connectivity index (χ4n) is 3.26. The van der Waals surface area contributed by atoms with Gasteiger partial charge in [0.1, 0.15) is 5.75 Å². The summed E-state index contributed by atoms with van der Waals surface area (Å²) in [5, 5.41) is 0. The third-order valence-corrected chi connectivity index (χ3v) is 6.65. The molecule has 154 valence electrons. The fourth-order valence-corrected chi connectivity index (χ4v) is 4.51. The Morgan fingerprint density at radius 2 is 1.66 bits per heavy atom. The standard InChI is InChI=1S/C21H24N2O5S/c1-13-5-6-16(11-14(13)2)15(3)22-29(26,27)17-7-8-19(28-4)18(12-17)23-20(24)9-10-21(23)25/h5-8,11-12,15,22H,9-10H2,1-4H3. The molecule has 7 nitrogen and oxygen atoms in total. The predicted molar refractivity (Wildman–Crippen MR) is 109 cm³/mol. The molecule has 0 aromatic heterocycles. The molecule has 0 radical (unpaired) electrons. The van der Waals surface area contributed by atoms with Gasteiger partial charge in [0, 0.05) is 18.9 Å². The molecule has 0 bridgehead atoms. The van der Waals surface area contributed by atoms with Gasteiger partial charge in [-0.25, -0.2) is 18.0 Å². The lowest BCUT2D eigenvalue weighted by atomic mass is 10.0. The Hall–Kier alpha value is -2.71. The van der Waals surface area contributed by atoms with Crippen molar-refractivity contribution < 1.29 is 22.7 Å². The van der Waals surface area contributed by atoms with E-state index in [2.05, 4.69) is 4.72 Å². The van der Waals surface area contributed by atoms with E-state index < -0.39 is 16.1 Å². The van der Waals surface area contributed by atoms with E-state index in [-0.39, 0.29) is 41.0 Å². The highest BCUT2D eigenvalue weighted by atomic mass is 32.2. The van der Waals surface area contributed by atoms with Crippen LogP contribution in [-0.2, 0) is 19.6 Å². The number of hydrogen-bond donors (Lipinski definition) is 1. The molecular weight excluding hydrogens is 392 g/mol. The Balaban J connectivity index is 1.94. The van der Waals surface area contributed by atoms with E-state index >= 15 is 0 Å². The number of benzene rings is 2. The minimum Gasteiger partial charge on any atom is -0.495 e. The zero-order chi connectivity index (χ0) is 21.3. The predicted octanol–water partition coefficient (Wildman–Crippen LogP) is 3.00. The number of nitrogens with one attached hydrogen (secondary N) is 1. The molecule has 2 amide bonds. The van der Waals surface area contributed by atoms with Crippen LogP contribution in [-0.4, -0.2) is 27.3 Å². The van der Waals surface area contributed by atoms with Crippen LogP contribution in [0.2, 0.25) is 0 Å². The number of carbonyl (C=O) groups is 2. The first-order valence-corrected chi connectivity index (χ1v) is 10.8. The molecular formula is C21H24N2O5S. The summed E-state index contributed by atoms with van der Waals surface area (Å²) in [6.07, 6.45) is 0.196. The number of aryl methyl sites for hydroxylation is 2. The minimum absolute atomic E-state index is 0.0449. The van der Waals surface area contributed by atoms with Crippen molar-refractivity contribution in [3.63, 3.8) is 0 Å². The van der Waals surface area contributed by atoms with Crippen LogP contribution < -0.4 is 14.4 Å². The normalized spacial score (nSPS) is 15.7. The van der Waals surface area contributed by atoms with Crippen LogP contribution in [0.15, 0.2) is 41.3 Å². The summed E-state index contributed by atoms with van der Waals surface area (Å²) in [7, 11) is -2.50. The highest BCUT2D eigenvalue weighted by molar-refractivity contribution is 7.89. The molecule has 1 aliphatic rings. The molecule has 1 saturated heterocycles. The number of amides is 2. The molecule has 8 heteroatoms. The van der Waals surface area contributed by atoms with Crippen molar-refractivity contribution in [3.05, 3.63) is 53.1 Å². The van der Waals surface area contributed by atoms with Crippen molar-refractivity contribution in [1.29, 1.82) is 0 Å². The van der Waals surface area contributed by atoms with Crippen molar-refractivity contribution in [1.82, 2.24) is 4.72 Å². The van der Waals surface area contributed by atoms with Crippen LogP contribution in [0.25, 0.3) is 0 Å². The SMILES string of the molecule is COc1ccc(S(=O)(=O)NC(C)c2ccc(C)c(C)c2)cc1N1C(=O)CCC1=O. The Bertz CT molecular complexity index is 1060. The van der Waals surface area contributed by atoms with Crippen molar-refractivity contribution in [3.8, 4) is 5.75 Å². The highest BCUT2D eigenvalue weighted by Crippen LogP contribution is 2.34. The summed E-state index contributed by atoms with van der Waals surface area (Å²) in [6.45, 7) is 5.73. The van der Waals surface area contributed by atoms with Gasteiger partial charge in [-0.05, 0) is 55.7 Å². The first-order chi connectivity index (χ1) is 13.6. The highest BCUT2D eigenvalue weighted by Gasteiger charge is 2.33. The Kier molecular flexibility index (Phi) is 5.77. The summed E-state index contributed by atoms with van der Waals surface area (Å²) in [5.74, 6) is -0.492. The zero-order valence-electron chi connectivity index (χ0n) is 16.9. The van der Waals surface area contributed by atoms with Gasteiger partial charge in [0.15, 0.2) is 0 Å². The first kappa shape index (κ1) is 21.0. The van der Waals surface area contributed by atoms with Crippen LogP contribution >= 0.6 is 0 Å². The number of sulfonamides is 1. The molecule has 2 aromatic carbocycles. The van der Waals surface area contributed by atoms with Crippen molar-refractivity contribution >= 4 is 27.5 Å². The van der Waals surface area contributed by atoms with Crippen LogP contribution in [0, 0.1) is 13.8 Å². The van der Waals surface area contributed by atoms with Crippen LogP contribution in [0.1, 0.15) is 42.5 Å². The molecule has 3 rings (SSSR count). The number of nitrogens with zero attached hydrogens (tertiary/aromatic N) is 1. The Labute approximate surface area is 170 Å². The summed E-state index contributed by atoms with van der Waals surface area (Å²) in [6, 6.07) is 9.47. The van der Waals surface area contributed by atoms with Gasteiger partial charge >= 0.3 is 0 Å². The first-order valence-electron chi connectivity index (χ1n) is 9.27. The van der Waals surface area contributed by atoms with Gasteiger partial charge < -0.3 is 4.74 Å². The third-order valence-electron chi connectivity index (χ3n) is 5.12. The molecule has 1 heterocycles. The number of anilines is 1. The molecule has 29 heavy (non-hydrogen) atoms. The maximum atomic E-state index is 13.0. The van der Waals surface area contributed by atoms with Gasteiger partial charge in [-0.3, -0.25) is 9.59 Å². The number of rotatable bonds is 6. The summed E-state index contributed by atoms with van der Waals surface area (Å²) in [5.41, 5.74) is 3.19. The lowest BCUT2D eigenvalue weighted by molar-refractivity contribution is -0.121. The van der Waals surface area contributed by atoms with Gasteiger partial charge in [0.25, 0.3) is 0 Å². The van der Waals surface area contributed by atoms with Gasteiger partial charge in [0.05, 0.1) is 17.7 Å². The number of carbonyl (C=O) groups excluding carboxylic acids is 2. The molecule has 1 aliphatic heterocycles. The van der Waals surface area contributed by atoms with E-state index in [1.807, 2.05) is 32.0 Å². The lowest BCUT2D eigenvalue weighted by Crippen LogP contribution is -2.30. The van der Waals surface area contributed by atoms with Crippen molar-refractivity contribution in [2.75, 3.05) is 12.0 Å². The zero-order valence-corrected chi connectivity index (χ0v) is 17.7. The second kappa shape index (κ2) is 7.96. The monoisotopic (exact) mass is 416 g/mol. The fraction of sp³-hybridized carbons (Fsp3) is 0.333. The molecule has 0 aliphatic carbocycles. The molecule has 2 aromatic rings. The molecule has 0 spiro atoms. The average molecular weight is 416 g/mol. The number of methoxy groups -OCH3 is 1. The van der Waals surface area contributed by atoms with E-state index in [1.165, 1.54) is 25.3 Å². The Morgan fingerprint density at radius 1 is 1.00 bits per heavy atom. The van der Waals surface area contributed by atoms with E-state index in [0.29, 0.717) is 0 Å². The molecule has 1 atom stereocenters. The topological polar surface area (TPSA) is 92.8 Å². The minimum atomic E-state index is -3.90. The van der Waals surface area contributed by atoms with Crippen molar-refractivity contribution in [2.24, 2.45) is 0 Å². The average Bonchev–Trinajstić information content (AvgIpc) is 3.01. The van der Waals surface area contributed by atoms with Gasteiger partial charge in [-0.1, -0.05) is 18.2 Å². The van der Waals surface area contributed by atoms with Gasteiger partial charge in [-0.15, -0.1) is 0 Å². The molecule has 1 N–H and O–H groups in total. The maximum absolute atomic E-state index is 13.0. The second-order valence-corrected chi connectivity index (χ2v) is 8.86. The van der Waals surface area contributed by atoms with Crippen LogP contribution in [0.4, 0.5) is 5.69 Å². The number of hydrogen-bond acceptors (Lipinski definition) is 5. The van der Waals surface area contributed by atoms with Crippen LogP contribution in [0.3, 0.4) is 0 Å². The lowest BCUT2D eigenvalue weighted by Gasteiger charge is -2.20. The molecule has 1 unspecified atom stereocenters. The van der Waals surface area contributed by atoms with E-state index in [0.717, 1.165) is 21.6 Å². The quantitative estimate of drug-likeness (QED) is 0.731. The largest absolute Gasteiger partial charge is 0.495 e. The van der Waals surface area contributed by atoms with Gasteiger partial charge in [0.2, 0.25) is 21.8 Å². The smallest absolute Gasteiger partial charge is 0.241 e. The third kappa shape index (κ3) is 4.18. The molecule has 0 saturated carbocycles. The van der Waals surface area contributed by atoms with E-state index in [9.17, 15) is 18.0 Å². The summed E-state index contributed by atoms with van der Waals surface area (Å²) < 4.78 is 33.8. The number of ether oxygens (including phenoxy) is 1. The number of imide groups is 1. The van der Waals surface area contributed by atoms with Crippen LogP contribution in [0.5, 0.6) is 5.75 Å².